The Balaban J connectivity index is 2.40. The van der Waals surface area contributed by atoms with Gasteiger partial charge in [0, 0.05) is 24.6 Å². The van der Waals surface area contributed by atoms with Gasteiger partial charge < -0.3 is 21.7 Å². The van der Waals surface area contributed by atoms with E-state index in [0.717, 1.165) is 22.3 Å². The second-order valence-corrected chi connectivity index (χ2v) is 4.77. The fourth-order valence-corrected chi connectivity index (χ4v) is 2.24. The van der Waals surface area contributed by atoms with Crippen LogP contribution in [0.5, 0.6) is 0 Å². The average molecular weight is 272 g/mol. The first-order valence-corrected chi connectivity index (χ1v) is 6.64. The smallest absolute Gasteiger partial charge is 0.0472 e. The van der Waals surface area contributed by atoms with Crippen LogP contribution < -0.4 is 11.5 Å². The van der Waals surface area contributed by atoms with Crippen molar-refractivity contribution in [1.82, 2.24) is 0 Å². The maximum Gasteiger partial charge on any atom is 0.0472 e. The van der Waals surface area contributed by atoms with Crippen molar-refractivity contribution < 1.29 is 10.2 Å². The summed E-state index contributed by atoms with van der Waals surface area (Å²) in [4.78, 5) is 0. The molecule has 4 nitrogen and oxygen atoms in total. The number of nitrogen functional groups attached to an aromatic ring is 2. The lowest BCUT2D eigenvalue weighted by Crippen LogP contribution is -1.99. The Morgan fingerprint density at radius 3 is 1.45 bits per heavy atom. The molecule has 2 rings (SSSR count). The van der Waals surface area contributed by atoms with Crippen LogP contribution in [0.4, 0.5) is 11.4 Å². The molecule has 6 N–H and O–H groups in total. The molecular formula is C16H20N2O2. The predicted octanol–water partition coefficient (Wildman–Crippen LogP) is 1.59. The lowest BCUT2D eigenvalue weighted by molar-refractivity contribution is 0.299. The van der Waals surface area contributed by atoms with Gasteiger partial charge >= 0.3 is 0 Å². The molecule has 20 heavy (non-hydrogen) atoms. The van der Waals surface area contributed by atoms with Gasteiger partial charge in [0.25, 0.3) is 0 Å². The third-order valence-corrected chi connectivity index (χ3v) is 3.38. The fraction of sp³-hybridized carbons (Fsp3) is 0.250. The highest BCUT2D eigenvalue weighted by Gasteiger charge is 2.06. The van der Waals surface area contributed by atoms with Crippen molar-refractivity contribution in [3.63, 3.8) is 0 Å². The van der Waals surface area contributed by atoms with Crippen molar-refractivity contribution in [3.05, 3.63) is 47.5 Å². The highest BCUT2D eigenvalue weighted by Crippen LogP contribution is 2.27. The topological polar surface area (TPSA) is 92.5 Å². The van der Waals surface area contributed by atoms with Crippen LogP contribution in [-0.2, 0) is 12.8 Å². The van der Waals surface area contributed by atoms with Gasteiger partial charge in [-0.15, -0.1) is 0 Å². The second-order valence-electron chi connectivity index (χ2n) is 4.77. The van der Waals surface area contributed by atoms with E-state index in [4.69, 9.17) is 21.7 Å². The summed E-state index contributed by atoms with van der Waals surface area (Å²) in [6.07, 6.45) is 1.08. The summed E-state index contributed by atoms with van der Waals surface area (Å²) in [7, 11) is 0. The highest BCUT2D eigenvalue weighted by atomic mass is 16.3. The van der Waals surface area contributed by atoms with Crippen LogP contribution in [0.1, 0.15) is 11.1 Å². The molecule has 0 saturated heterocycles. The fourth-order valence-electron chi connectivity index (χ4n) is 2.24. The molecule has 0 radical (unpaired) electrons. The van der Waals surface area contributed by atoms with Crippen molar-refractivity contribution in [1.29, 1.82) is 0 Å². The molecule has 0 fully saturated rings. The number of hydrogen-bond donors (Lipinski definition) is 4. The second kappa shape index (κ2) is 6.41. The Kier molecular flexibility index (Phi) is 4.61. The van der Waals surface area contributed by atoms with Crippen LogP contribution >= 0.6 is 0 Å². The average Bonchev–Trinajstić information content (AvgIpc) is 2.44. The van der Waals surface area contributed by atoms with Crippen LogP contribution in [-0.4, -0.2) is 23.4 Å². The van der Waals surface area contributed by atoms with E-state index in [1.54, 1.807) is 0 Å². The lowest BCUT2D eigenvalue weighted by atomic mass is 9.97. The minimum Gasteiger partial charge on any atom is -0.399 e. The standard InChI is InChI=1S/C16H20N2O2/c17-15-3-1-11(9-13(15)5-7-19)12-2-4-16(18)14(10-12)6-8-20/h1-4,9-10,19-20H,5-8,17-18H2. The van der Waals surface area contributed by atoms with E-state index >= 15 is 0 Å². The molecule has 0 atom stereocenters. The number of anilines is 2. The van der Waals surface area contributed by atoms with E-state index in [1.807, 2.05) is 36.4 Å². The maximum absolute atomic E-state index is 9.06. The number of nitrogens with two attached hydrogens (primary N) is 2. The van der Waals surface area contributed by atoms with E-state index in [9.17, 15) is 0 Å². The largest absolute Gasteiger partial charge is 0.399 e. The van der Waals surface area contributed by atoms with Gasteiger partial charge in [-0.1, -0.05) is 12.1 Å². The van der Waals surface area contributed by atoms with Crippen molar-refractivity contribution in [2.45, 2.75) is 12.8 Å². The zero-order valence-electron chi connectivity index (χ0n) is 11.3. The Hall–Kier alpha value is -2.04. The van der Waals surface area contributed by atoms with Crippen molar-refractivity contribution >= 4 is 11.4 Å². The van der Waals surface area contributed by atoms with Gasteiger partial charge in [-0.3, -0.25) is 0 Å². The van der Waals surface area contributed by atoms with Crippen molar-refractivity contribution in [2.75, 3.05) is 24.7 Å². The number of rotatable bonds is 5. The first-order chi connectivity index (χ1) is 9.65. The molecule has 2 aromatic rings. The summed E-state index contributed by atoms with van der Waals surface area (Å²) >= 11 is 0. The third-order valence-electron chi connectivity index (χ3n) is 3.38. The zero-order chi connectivity index (χ0) is 14.5. The van der Waals surface area contributed by atoms with Crippen LogP contribution in [0.25, 0.3) is 11.1 Å². The molecule has 0 spiro atoms. The van der Waals surface area contributed by atoms with Crippen molar-refractivity contribution in [2.24, 2.45) is 0 Å². The highest BCUT2D eigenvalue weighted by molar-refractivity contribution is 5.70. The molecule has 0 saturated carbocycles. The summed E-state index contributed by atoms with van der Waals surface area (Å²) in [5.41, 5.74) is 17.1. The van der Waals surface area contributed by atoms with Gasteiger partial charge in [-0.25, -0.2) is 0 Å². The van der Waals surface area contributed by atoms with Gasteiger partial charge in [0.1, 0.15) is 0 Å². The van der Waals surface area contributed by atoms with E-state index in [0.29, 0.717) is 24.2 Å². The number of aliphatic hydroxyl groups is 2. The van der Waals surface area contributed by atoms with Gasteiger partial charge in [0.15, 0.2) is 0 Å². The van der Waals surface area contributed by atoms with Crippen LogP contribution in [0.15, 0.2) is 36.4 Å². The summed E-state index contributed by atoms with van der Waals surface area (Å²) in [5, 5.41) is 18.1. The van der Waals surface area contributed by atoms with Gasteiger partial charge in [-0.2, -0.15) is 0 Å². The Bertz CT molecular complexity index is 544. The van der Waals surface area contributed by atoms with Gasteiger partial charge in [-0.05, 0) is 59.4 Å². The molecule has 106 valence electrons. The molecule has 0 aliphatic rings. The summed E-state index contributed by atoms with van der Waals surface area (Å²) in [6, 6.07) is 11.6. The molecule has 0 aliphatic heterocycles. The molecular weight excluding hydrogens is 252 g/mol. The van der Waals surface area contributed by atoms with Gasteiger partial charge in [0.05, 0.1) is 0 Å². The summed E-state index contributed by atoms with van der Waals surface area (Å²) in [5.74, 6) is 0. The SMILES string of the molecule is Nc1ccc(-c2ccc(N)c(CCO)c2)cc1CCO. The summed E-state index contributed by atoms with van der Waals surface area (Å²) in [6.45, 7) is 0.149. The van der Waals surface area contributed by atoms with Gasteiger partial charge in [0.2, 0.25) is 0 Å². The van der Waals surface area contributed by atoms with Crippen LogP contribution in [0, 0.1) is 0 Å². The van der Waals surface area contributed by atoms with Crippen LogP contribution in [0.3, 0.4) is 0 Å². The van der Waals surface area contributed by atoms with E-state index in [1.165, 1.54) is 0 Å². The summed E-state index contributed by atoms with van der Waals surface area (Å²) < 4.78 is 0. The van der Waals surface area contributed by atoms with Crippen LogP contribution in [0.2, 0.25) is 0 Å². The lowest BCUT2D eigenvalue weighted by Gasteiger charge is -2.11. The Morgan fingerprint density at radius 1 is 0.700 bits per heavy atom. The Labute approximate surface area is 118 Å². The van der Waals surface area contributed by atoms with E-state index < -0.39 is 0 Å². The molecule has 0 amide bonds. The molecule has 0 bridgehead atoms. The molecule has 0 aliphatic carbocycles. The molecule has 0 unspecified atom stereocenters. The van der Waals surface area contributed by atoms with E-state index in [2.05, 4.69) is 0 Å². The number of aliphatic hydroxyl groups excluding tert-OH is 2. The zero-order valence-corrected chi connectivity index (χ0v) is 11.3. The monoisotopic (exact) mass is 272 g/mol. The van der Waals surface area contributed by atoms with E-state index in [-0.39, 0.29) is 13.2 Å². The predicted molar refractivity (Wildman–Crippen MR) is 82.3 cm³/mol. The maximum atomic E-state index is 9.06. The molecule has 0 aromatic heterocycles. The normalized spacial score (nSPS) is 10.7. The minimum absolute atomic E-state index is 0.0746. The quantitative estimate of drug-likeness (QED) is 0.622. The first-order valence-electron chi connectivity index (χ1n) is 6.64. The molecule has 2 aromatic carbocycles. The Morgan fingerprint density at radius 2 is 1.10 bits per heavy atom. The first kappa shape index (κ1) is 14.4. The molecule has 4 heteroatoms. The third kappa shape index (κ3) is 3.10. The minimum atomic E-state index is 0.0746. The van der Waals surface area contributed by atoms with Crippen molar-refractivity contribution in [3.8, 4) is 11.1 Å². The number of hydrogen-bond acceptors (Lipinski definition) is 4. The number of benzene rings is 2. The molecule has 0 heterocycles.